The third kappa shape index (κ3) is 4.05. The summed E-state index contributed by atoms with van der Waals surface area (Å²) in [5.74, 6) is 2.17. The van der Waals surface area contributed by atoms with Crippen molar-refractivity contribution in [1.82, 2.24) is 0 Å². The molecule has 30 heavy (non-hydrogen) atoms. The van der Waals surface area contributed by atoms with Gasteiger partial charge < -0.3 is 18.7 Å². The number of rotatable bonds is 7. The lowest BCUT2D eigenvalue weighted by atomic mass is 9.86. The number of halogens is 1. The number of hydrogen-bond donors (Lipinski definition) is 0. The first-order chi connectivity index (χ1) is 14.4. The van der Waals surface area contributed by atoms with E-state index in [1.807, 2.05) is 30.3 Å². The van der Waals surface area contributed by atoms with Crippen LogP contribution in [-0.4, -0.2) is 37.7 Å². The number of Topliss-reactive ketones (excluding diaryl/α,β-unsaturated/α-hetero) is 1. The van der Waals surface area contributed by atoms with Crippen molar-refractivity contribution in [2.45, 2.75) is 31.7 Å². The Morgan fingerprint density at radius 3 is 2.80 bits per heavy atom. The third-order valence-electron chi connectivity index (χ3n) is 6.11. The molecule has 2 aliphatic heterocycles. The highest BCUT2D eigenvalue weighted by Crippen LogP contribution is 2.51. The molecule has 6 heteroatoms. The number of likely N-dealkylation sites (N-methyl/N-ethyl adjacent to an activating group) is 1. The second-order valence-corrected chi connectivity index (χ2v) is 8.87. The number of ether oxygens (including phenoxy) is 3. The molecule has 0 radical (unpaired) electrons. The first-order valence-corrected chi connectivity index (χ1v) is 10.6. The Balaban J connectivity index is 1.60. The normalized spacial score (nSPS) is 18.6. The Labute approximate surface area is 182 Å². The Kier molecular flexibility index (Phi) is 5.76. The van der Waals surface area contributed by atoms with Crippen LogP contribution < -0.4 is 14.2 Å². The Hall–Kier alpha value is -2.50. The molecule has 1 unspecified atom stereocenters. The van der Waals surface area contributed by atoms with Gasteiger partial charge in [-0.15, -0.1) is 0 Å². The molecule has 1 atom stereocenters. The fourth-order valence-electron chi connectivity index (χ4n) is 4.37. The second-order valence-electron chi connectivity index (χ2n) is 8.43. The molecule has 0 saturated carbocycles. The van der Waals surface area contributed by atoms with E-state index in [0.717, 1.165) is 29.7 Å². The van der Waals surface area contributed by atoms with E-state index < -0.39 is 0 Å². The van der Waals surface area contributed by atoms with Crippen molar-refractivity contribution in [3.63, 3.8) is 0 Å². The van der Waals surface area contributed by atoms with Gasteiger partial charge in [-0.3, -0.25) is 4.79 Å². The highest BCUT2D eigenvalue weighted by Gasteiger charge is 2.42. The number of quaternary nitrogens is 1. The maximum Gasteiger partial charge on any atom is 0.231 e. The molecular formula is C24H27ClNO4+. The van der Waals surface area contributed by atoms with Gasteiger partial charge in [-0.1, -0.05) is 30.3 Å². The van der Waals surface area contributed by atoms with E-state index in [9.17, 15) is 4.79 Å². The molecule has 2 aromatic rings. The molecule has 0 bridgehead atoms. The van der Waals surface area contributed by atoms with E-state index in [1.165, 1.54) is 6.26 Å². The summed E-state index contributed by atoms with van der Waals surface area (Å²) >= 11 is 5.96. The third-order valence-corrected chi connectivity index (χ3v) is 6.36. The zero-order chi connectivity index (χ0) is 21.3. The van der Waals surface area contributed by atoms with Crippen molar-refractivity contribution in [3.8, 4) is 17.2 Å². The van der Waals surface area contributed by atoms with Crippen LogP contribution in [0, 0.1) is 0 Å². The van der Waals surface area contributed by atoms with E-state index >= 15 is 0 Å². The van der Waals surface area contributed by atoms with Gasteiger partial charge in [-0.25, -0.2) is 0 Å². The van der Waals surface area contributed by atoms with Crippen LogP contribution in [0.5, 0.6) is 17.2 Å². The number of nitrogens with zero attached hydrogens (tertiary/aromatic N) is 1. The van der Waals surface area contributed by atoms with Gasteiger partial charge in [0.2, 0.25) is 12.5 Å². The highest BCUT2D eigenvalue weighted by atomic mass is 35.5. The van der Waals surface area contributed by atoms with Crippen LogP contribution >= 0.6 is 11.6 Å². The summed E-state index contributed by atoms with van der Waals surface area (Å²) in [6, 6.07) is 9.69. The number of carbonyl (C=O) groups is 1. The number of carbonyl (C=O) groups excluding carboxylic acids is 1. The molecule has 0 aliphatic carbocycles. The molecule has 2 heterocycles. The van der Waals surface area contributed by atoms with Gasteiger partial charge in [-0.05, 0) is 35.7 Å². The van der Waals surface area contributed by atoms with Crippen LogP contribution in [0.4, 0.5) is 0 Å². The maximum atomic E-state index is 13.0. The van der Waals surface area contributed by atoms with E-state index in [4.69, 9.17) is 25.8 Å². The van der Waals surface area contributed by atoms with Crippen LogP contribution in [0.1, 0.15) is 35.6 Å². The van der Waals surface area contributed by atoms with Crippen molar-refractivity contribution in [1.29, 1.82) is 0 Å². The molecule has 0 fully saturated rings. The Bertz CT molecular complexity index is 968. The van der Waals surface area contributed by atoms with Crippen molar-refractivity contribution in [3.05, 3.63) is 64.9 Å². The molecule has 0 aromatic heterocycles. The lowest BCUT2D eigenvalue weighted by Crippen LogP contribution is -2.48. The average Bonchev–Trinajstić information content (AvgIpc) is 3.18. The lowest BCUT2D eigenvalue weighted by Gasteiger charge is -2.43. The van der Waals surface area contributed by atoms with Gasteiger partial charge in [0, 0.05) is 17.9 Å². The van der Waals surface area contributed by atoms with Crippen molar-refractivity contribution in [2.24, 2.45) is 0 Å². The Morgan fingerprint density at radius 1 is 1.30 bits per heavy atom. The summed E-state index contributed by atoms with van der Waals surface area (Å²) in [7, 11) is 4.34. The minimum absolute atomic E-state index is 0.0177. The molecule has 0 saturated heterocycles. The molecule has 5 nitrogen and oxygen atoms in total. The first kappa shape index (κ1) is 20.8. The number of benzene rings is 2. The van der Waals surface area contributed by atoms with Gasteiger partial charge >= 0.3 is 0 Å². The van der Waals surface area contributed by atoms with Crippen molar-refractivity contribution in [2.75, 3.05) is 27.4 Å². The molecular weight excluding hydrogens is 402 g/mol. The summed E-state index contributed by atoms with van der Waals surface area (Å²) in [5.41, 5.74) is 3.31. The quantitative estimate of drug-likeness (QED) is 0.466. The fourth-order valence-corrected chi connectivity index (χ4v) is 4.49. The lowest BCUT2D eigenvalue weighted by molar-refractivity contribution is -0.922. The van der Waals surface area contributed by atoms with Crippen LogP contribution in [-0.2, 0) is 17.6 Å². The predicted octanol–water partition coefficient (Wildman–Crippen LogP) is 4.86. The van der Waals surface area contributed by atoms with Crippen LogP contribution in [0.25, 0.3) is 0 Å². The summed E-state index contributed by atoms with van der Waals surface area (Å²) in [4.78, 5) is 13.0. The van der Waals surface area contributed by atoms with Gasteiger partial charge in [0.1, 0.15) is 11.8 Å². The van der Waals surface area contributed by atoms with Gasteiger partial charge in [-0.2, -0.15) is 0 Å². The summed E-state index contributed by atoms with van der Waals surface area (Å²) in [6.45, 7) is 4.84. The van der Waals surface area contributed by atoms with E-state index in [1.54, 1.807) is 0 Å². The standard InChI is InChI=1S/C24H27ClNO4/c1-4-28-24-22-17(13-21-23(24)30-15-29-21)11-12-26(2,3)20(22)14-19(27)10-7-16-5-8-18(25)9-6-16/h4-6,8-9,13,20H,1,7,10-12,14-15H2,2-3H3/q+1. The molecule has 0 spiro atoms. The SMILES string of the molecule is C=COc1c2c(cc3c1C(CC(=O)CCc1ccc(Cl)cc1)[N+](C)(C)CC3)OCO2. The predicted molar refractivity (Wildman–Crippen MR) is 116 cm³/mol. The molecule has 0 amide bonds. The van der Waals surface area contributed by atoms with Gasteiger partial charge in [0.25, 0.3) is 0 Å². The number of aryl methyl sites for hydroxylation is 1. The summed E-state index contributed by atoms with van der Waals surface area (Å²) in [5, 5.41) is 0.705. The van der Waals surface area contributed by atoms with Crippen LogP contribution in [0.15, 0.2) is 43.2 Å². The Morgan fingerprint density at radius 2 is 2.07 bits per heavy atom. The average molecular weight is 429 g/mol. The monoisotopic (exact) mass is 428 g/mol. The molecule has 4 rings (SSSR count). The van der Waals surface area contributed by atoms with Gasteiger partial charge in [0.05, 0.1) is 38.9 Å². The topological polar surface area (TPSA) is 44.8 Å². The maximum absolute atomic E-state index is 13.0. The number of ketones is 1. The zero-order valence-electron chi connectivity index (χ0n) is 17.4. The fraction of sp³-hybridized carbons (Fsp3) is 0.375. The highest BCUT2D eigenvalue weighted by molar-refractivity contribution is 6.30. The summed E-state index contributed by atoms with van der Waals surface area (Å²) in [6.07, 6.45) is 3.95. The van der Waals surface area contributed by atoms with Crippen LogP contribution in [0.2, 0.25) is 5.02 Å². The molecule has 158 valence electrons. The first-order valence-electron chi connectivity index (χ1n) is 10.2. The van der Waals surface area contributed by atoms with E-state index in [2.05, 4.69) is 20.7 Å². The largest absolute Gasteiger partial charge is 0.461 e. The van der Waals surface area contributed by atoms with E-state index in [0.29, 0.717) is 46.0 Å². The smallest absolute Gasteiger partial charge is 0.231 e. The van der Waals surface area contributed by atoms with Crippen LogP contribution in [0.3, 0.4) is 0 Å². The number of fused-ring (bicyclic) bond motifs is 2. The van der Waals surface area contributed by atoms with Crippen molar-refractivity contribution < 1.29 is 23.5 Å². The van der Waals surface area contributed by atoms with Crippen molar-refractivity contribution >= 4 is 17.4 Å². The molecule has 0 N–H and O–H groups in total. The minimum atomic E-state index is -0.0177. The van der Waals surface area contributed by atoms with Gasteiger partial charge in [0.15, 0.2) is 11.5 Å². The zero-order valence-corrected chi connectivity index (χ0v) is 18.2. The molecule has 2 aliphatic rings. The minimum Gasteiger partial charge on any atom is -0.461 e. The summed E-state index contributed by atoms with van der Waals surface area (Å²) < 4.78 is 17.8. The molecule has 2 aromatic carbocycles. The van der Waals surface area contributed by atoms with E-state index in [-0.39, 0.29) is 18.6 Å². The second kappa shape index (κ2) is 8.32. The number of hydrogen-bond acceptors (Lipinski definition) is 4.